The van der Waals surface area contributed by atoms with E-state index in [4.69, 9.17) is 21.9 Å². The molecule has 0 fully saturated rings. The Morgan fingerprint density at radius 1 is 1.42 bits per heavy atom. The zero-order valence-electron chi connectivity index (χ0n) is 9.71. The highest BCUT2D eigenvalue weighted by atomic mass is 35.5. The van der Waals surface area contributed by atoms with E-state index in [2.05, 4.69) is 14.9 Å². The Labute approximate surface area is 114 Å². The Kier molecular flexibility index (Phi) is 4.03. The highest BCUT2D eigenvalue weighted by molar-refractivity contribution is 7.89. The minimum absolute atomic E-state index is 0.0195. The minimum Gasteiger partial charge on any atom is -0.399 e. The molecule has 0 bridgehead atoms. The van der Waals surface area contributed by atoms with E-state index in [1.807, 2.05) is 0 Å². The van der Waals surface area contributed by atoms with Gasteiger partial charge in [-0.3, -0.25) is 0 Å². The largest absolute Gasteiger partial charge is 0.399 e. The zero-order chi connectivity index (χ0) is 13.9. The Morgan fingerprint density at radius 3 is 2.84 bits per heavy atom. The molecule has 9 heteroatoms. The number of nitrogens with one attached hydrogen (secondary N) is 1. The summed E-state index contributed by atoms with van der Waals surface area (Å²) in [6.45, 7) is 0.130. The monoisotopic (exact) mass is 302 g/mol. The van der Waals surface area contributed by atoms with Crippen molar-refractivity contribution in [3.8, 4) is 0 Å². The summed E-state index contributed by atoms with van der Waals surface area (Å²) in [4.78, 5) is 3.76. The van der Waals surface area contributed by atoms with E-state index < -0.39 is 10.0 Å². The first-order valence-corrected chi connectivity index (χ1v) is 7.15. The van der Waals surface area contributed by atoms with Crippen LogP contribution in [0.5, 0.6) is 0 Å². The van der Waals surface area contributed by atoms with E-state index in [1.165, 1.54) is 24.5 Å². The third-order valence-corrected chi connectivity index (χ3v) is 4.23. The van der Waals surface area contributed by atoms with E-state index in [-0.39, 0.29) is 16.5 Å². The predicted molar refractivity (Wildman–Crippen MR) is 69.1 cm³/mol. The predicted octanol–water partition coefficient (Wildman–Crippen LogP) is 0.826. The maximum absolute atomic E-state index is 12.0. The van der Waals surface area contributed by atoms with Gasteiger partial charge < -0.3 is 10.3 Å². The summed E-state index contributed by atoms with van der Waals surface area (Å²) < 4.78 is 31.1. The number of hydrogen-bond donors (Lipinski definition) is 2. The number of anilines is 1. The van der Waals surface area contributed by atoms with Crippen LogP contribution in [0.1, 0.15) is 5.89 Å². The van der Waals surface area contributed by atoms with Gasteiger partial charge in [-0.2, -0.15) is 4.98 Å². The second kappa shape index (κ2) is 5.55. The Morgan fingerprint density at radius 2 is 2.21 bits per heavy atom. The first kappa shape index (κ1) is 13.8. The molecule has 0 saturated heterocycles. The molecule has 0 radical (unpaired) electrons. The lowest BCUT2D eigenvalue weighted by atomic mass is 10.3. The van der Waals surface area contributed by atoms with Crippen molar-refractivity contribution in [2.45, 2.75) is 11.3 Å². The SMILES string of the molecule is Nc1ccc(S(=O)(=O)NCCc2ncno2)c(Cl)c1. The summed E-state index contributed by atoms with van der Waals surface area (Å²) in [7, 11) is -3.69. The smallest absolute Gasteiger partial charge is 0.242 e. The average molecular weight is 303 g/mol. The van der Waals surface area contributed by atoms with Crippen molar-refractivity contribution in [1.29, 1.82) is 0 Å². The lowest BCUT2D eigenvalue weighted by Gasteiger charge is -2.07. The third kappa shape index (κ3) is 3.43. The Hall–Kier alpha value is -1.64. The van der Waals surface area contributed by atoms with E-state index in [0.29, 0.717) is 18.0 Å². The van der Waals surface area contributed by atoms with Crippen molar-refractivity contribution in [3.63, 3.8) is 0 Å². The van der Waals surface area contributed by atoms with Crippen LogP contribution >= 0.6 is 11.6 Å². The van der Waals surface area contributed by atoms with E-state index in [0.717, 1.165) is 0 Å². The summed E-state index contributed by atoms with van der Waals surface area (Å²) in [6, 6.07) is 4.21. The van der Waals surface area contributed by atoms with Crippen molar-refractivity contribution in [2.75, 3.05) is 12.3 Å². The lowest BCUT2D eigenvalue weighted by molar-refractivity contribution is 0.377. The lowest BCUT2D eigenvalue weighted by Crippen LogP contribution is -2.26. The first-order chi connectivity index (χ1) is 8.99. The normalized spacial score (nSPS) is 11.6. The summed E-state index contributed by atoms with van der Waals surface area (Å²) in [5.74, 6) is 0.353. The number of sulfonamides is 1. The molecule has 0 amide bonds. The molecule has 102 valence electrons. The highest BCUT2D eigenvalue weighted by Gasteiger charge is 2.17. The molecule has 1 aromatic carbocycles. The molecule has 0 aliphatic heterocycles. The molecule has 19 heavy (non-hydrogen) atoms. The number of nitrogen functional groups attached to an aromatic ring is 1. The molecule has 0 atom stereocenters. The number of rotatable bonds is 5. The molecule has 7 nitrogen and oxygen atoms in total. The molecule has 0 spiro atoms. The summed E-state index contributed by atoms with van der Waals surface area (Å²) >= 11 is 5.85. The van der Waals surface area contributed by atoms with Crippen LogP contribution in [0.2, 0.25) is 5.02 Å². The van der Waals surface area contributed by atoms with E-state index in [9.17, 15) is 8.42 Å². The van der Waals surface area contributed by atoms with Crippen LogP contribution in [0.15, 0.2) is 33.9 Å². The standard InChI is InChI=1S/C10H11ClN4O3S/c11-8-5-7(12)1-2-9(8)19(16,17)15-4-3-10-13-6-14-18-10/h1-2,5-6,15H,3-4,12H2. The summed E-state index contributed by atoms with van der Waals surface area (Å²) in [5, 5.41) is 3.50. The molecule has 0 aliphatic rings. The second-order valence-electron chi connectivity index (χ2n) is 3.67. The number of benzene rings is 1. The second-order valence-corrected chi connectivity index (χ2v) is 5.82. The van der Waals surface area contributed by atoms with Gasteiger partial charge in [0.25, 0.3) is 0 Å². The number of halogens is 1. The van der Waals surface area contributed by atoms with Gasteiger partial charge in [0.05, 0.1) is 5.02 Å². The van der Waals surface area contributed by atoms with Crippen molar-refractivity contribution >= 4 is 27.3 Å². The molecule has 0 saturated carbocycles. The van der Waals surface area contributed by atoms with Gasteiger partial charge in [0.1, 0.15) is 4.90 Å². The zero-order valence-corrected chi connectivity index (χ0v) is 11.3. The molecule has 0 aliphatic carbocycles. The van der Waals surface area contributed by atoms with Crippen molar-refractivity contribution in [1.82, 2.24) is 14.9 Å². The van der Waals surface area contributed by atoms with Crippen molar-refractivity contribution in [3.05, 3.63) is 35.4 Å². The number of nitrogens with zero attached hydrogens (tertiary/aromatic N) is 2. The first-order valence-electron chi connectivity index (χ1n) is 5.29. The molecular formula is C10H11ClN4O3S. The van der Waals surface area contributed by atoms with Gasteiger partial charge in [0.2, 0.25) is 15.9 Å². The topological polar surface area (TPSA) is 111 Å². The van der Waals surface area contributed by atoms with Crippen LogP contribution in [-0.2, 0) is 16.4 Å². The quantitative estimate of drug-likeness (QED) is 0.791. The van der Waals surface area contributed by atoms with Gasteiger partial charge >= 0.3 is 0 Å². The van der Waals surface area contributed by atoms with Crippen LogP contribution in [0.25, 0.3) is 0 Å². The van der Waals surface area contributed by atoms with E-state index >= 15 is 0 Å². The number of hydrogen-bond acceptors (Lipinski definition) is 6. The number of aromatic nitrogens is 2. The average Bonchev–Trinajstić information content (AvgIpc) is 2.81. The minimum atomic E-state index is -3.69. The van der Waals surface area contributed by atoms with Crippen molar-refractivity contribution in [2.24, 2.45) is 0 Å². The number of nitrogens with two attached hydrogens (primary N) is 1. The summed E-state index contributed by atoms with van der Waals surface area (Å²) in [5.41, 5.74) is 5.91. The molecule has 3 N–H and O–H groups in total. The van der Waals surface area contributed by atoms with Crippen LogP contribution < -0.4 is 10.5 Å². The maximum atomic E-state index is 12.0. The summed E-state index contributed by atoms with van der Waals surface area (Å²) in [6.07, 6.45) is 1.55. The van der Waals surface area contributed by atoms with Crippen LogP contribution in [0.4, 0.5) is 5.69 Å². The van der Waals surface area contributed by atoms with Crippen molar-refractivity contribution < 1.29 is 12.9 Å². The van der Waals surface area contributed by atoms with Gasteiger partial charge in [0.15, 0.2) is 6.33 Å². The molecule has 2 rings (SSSR count). The Balaban J connectivity index is 2.05. The molecular weight excluding hydrogens is 292 g/mol. The van der Waals surface area contributed by atoms with Crippen LogP contribution in [0.3, 0.4) is 0 Å². The molecule has 1 aromatic heterocycles. The molecule has 2 aromatic rings. The van der Waals surface area contributed by atoms with Crippen LogP contribution in [-0.4, -0.2) is 25.1 Å². The fourth-order valence-corrected chi connectivity index (χ4v) is 2.99. The van der Waals surface area contributed by atoms with Gasteiger partial charge in [-0.25, -0.2) is 13.1 Å². The highest BCUT2D eigenvalue weighted by Crippen LogP contribution is 2.23. The van der Waals surface area contributed by atoms with Gasteiger partial charge in [-0.05, 0) is 18.2 Å². The van der Waals surface area contributed by atoms with Crippen LogP contribution in [0, 0.1) is 0 Å². The van der Waals surface area contributed by atoms with Gasteiger partial charge in [-0.15, -0.1) is 0 Å². The van der Waals surface area contributed by atoms with E-state index in [1.54, 1.807) is 0 Å². The third-order valence-electron chi connectivity index (χ3n) is 2.28. The maximum Gasteiger partial charge on any atom is 0.242 e. The van der Waals surface area contributed by atoms with Gasteiger partial charge in [0, 0.05) is 18.7 Å². The fourth-order valence-electron chi connectivity index (χ4n) is 1.41. The fraction of sp³-hybridized carbons (Fsp3) is 0.200. The Bertz CT molecular complexity index is 657. The van der Waals surface area contributed by atoms with Gasteiger partial charge in [-0.1, -0.05) is 16.8 Å². The molecule has 1 heterocycles. The molecule has 0 unspecified atom stereocenters.